The first-order valence-electron chi connectivity index (χ1n) is 3.87. The molecule has 0 aliphatic rings. The van der Waals surface area contributed by atoms with Crippen LogP contribution in [0.25, 0.3) is 0 Å². The Hall–Kier alpha value is -1.43. The van der Waals surface area contributed by atoms with Gasteiger partial charge >= 0.3 is 0 Å². The smallest absolute Gasteiger partial charge is 0.251 e. The van der Waals surface area contributed by atoms with Crippen LogP contribution in [0.5, 0.6) is 0 Å². The summed E-state index contributed by atoms with van der Waals surface area (Å²) in [7, 11) is 0. The Morgan fingerprint density at radius 2 is 2.36 bits per heavy atom. The van der Waals surface area contributed by atoms with Crippen LogP contribution in [-0.2, 0) is 6.54 Å². The van der Waals surface area contributed by atoms with E-state index in [9.17, 15) is 4.79 Å². The first-order chi connectivity index (χ1) is 6.75. The van der Waals surface area contributed by atoms with Crippen LogP contribution in [0.4, 0.5) is 0 Å². The zero-order valence-corrected chi connectivity index (χ0v) is 8.64. The molecule has 0 aromatic carbocycles. The minimum atomic E-state index is -0.0991. The molecule has 14 heavy (non-hydrogen) atoms. The van der Waals surface area contributed by atoms with Gasteiger partial charge in [0.2, 0.25) is 6.39 Å². The van der Waals surface area contributed by atoms with E-state index in [1.807, 2.05) is 0 Å². The van der Waals surface area contributed by atoms with Crippen LogP contribution in [0.3, 0.4) is 0 Å². The minimum Gasteiger partial charge on any atom is -0.343 e. The van der Waals surface area contributed by atoms with Gasteiger partial charge in [0.25, 0.3) is 5.56 Å². The first-order valence-corrected chi connectivity index (χ1v) is 4.66. The molecule has 0 N–H and O–H groups in total. The van der Waals surface area contributed by atoms with Crippen LogP contribution in [-0.4, -0.2) is 14.7 Å². The van der Waals surface area contributed by atoms with E-state index < -0.39 is 0 Å². The van der Waals surface area contributed by atoms with Crippen LogP contribution >= 0.6 is 15.9 Å². The maximum absolute atomic E-state index is 11.4. The third kappa shape index (κ3) is 1.90. The second-order valence-electron chi connectivity index (χ2n) is 2.66. The molecule has 0 saturated carbocycles. The van der Waals surface area contributed by atoms with Gasteiger partial charge in [0.05, 0.1) is 6.54 Å². The molecule has 5 nitrogen and oxygen atoms in total. The van der Waals surface area contributed by atoms with E-state index in [1.165, 1.54) is 17.0 Å². The second-order valence-corrected chi connectivity index (χ2v) is 3.58. The summed E-state index contributed by atoms with van der Waals surface area (Å²) in [5, 5.41) is 3.62. The Bertz CT molecular complexity index is 478. The van der Waals surface area contributed by atoms with Crippen molar-refractivity contribution in [3.8, 4) is 0 Å². The first kappa shape index (κ1) is 9.14. The average Bonchev–Trinajstić information content (AvgIpc) is 2.64. The Labute approximate surface area is 87.5 Å². The molecule has 2 rings (SSSR count). The average molecular weight is 256 g/mol. The molecular weight excluding hydrogens is 250 g/mol. The van der Waals surface area contributed by atoms with E-state index in [4.69, 9.17) is 0 Å². The van der Waals surface area contributed by atoms with Crippen molar-refractivity contribution in [2.45, 2.75) is 6.54 Å². The molecule has 0 fully saturated rings. The van der Waals surface area contributed by atoms with Gasteiger partial charge in [-0.2, -0.15) is 4.98 Å². The topological polar surface area (TPSA) is 60.9 Å². The molecule has 2 aromatic heterocycles. The monoisotopic (exact) mass is 255 g/mol. The van der Waals surface area contributed by atoms with Gasteiger partial charge in [0, 0.05) is 16.7 Å². The highest BCUT2D eigenvalue weighted by Crippen LogP contribution is 2.05. The molecule has 0 saturated heterocycles. The van der Waals surface area contributed by atoms with Crippen molar-refractivity contribution in [3.63, 3.8) is 0 Å². The van der Waals surface area contributed by atoms with Gasteiger partial charge in [-0.15, -0.1) is 0 Å². The lowest BCUT2D eigenvalue weighted by atomic mass is 10.4. The van der Waals surface area contributed by atoms with Crippen LogP contribution in [0.2, 0.25) is 0 Å². The van der Waals surface area contributed by atoms with E-state index >= 15 is 0 Å². The summed E-state index contributed by atoms with van der Waals surface area (Å²) >= 11 is 3.28. The molecule has 0 aliphatic heterocycles. The molecular formula is C8H6BrN3O2. The molecule has 2 aromatic rings. The third-order valence-electron chi connectivity index (χ3n) is 1.67. The highest BCUT2D eigenvalue weighted by Gasteiger charge is 2.01. The number of aromatic nitrogens is 3. The Balaban J connectivity index is 2.33. The van der Waals surface area contributed by atoms with E-state index in [2.05, 4.69) is 30.6 Å². The Kier molecular flexibility index (Phi) is 2.45. The number of hydrogen-bond acceptors (Lipinski definition) is 4. The molecule has 0 unspecified atom stereocenters. The molecule has 2 heterocycles. The van der Waals surface area contributed by atoms with Crippen molar-refractivity contribution in [2.24, 2.45) is 0 Å². The molecule has 6 heteroatoms. The fourth-order valence-electron chi connectivity index (χ4n) is 1.04. The summed E-state index contributed by atoms with van der Waals surface area (Å²) in [6, 6.07) is 3.17. The molecule has 0 aliphatic carbocycles. The maximum atomic E-state index is 11.4. The molecule has 0 atom stereocenters. The van der Waals surface area contributed by atoms with E-state index in [0.717, 1.165) is 4.47 Å². The Morgan fingerprint density at radius 1 is 1.50 bits per heavy atom. The molecule has 0 bridgehead atoms. The summed E-state index contributed by atoms with van der Waals surface area (Å²) in [4.78, 5) is 15.2. The zero-order chi connectivity index (χ0) is 9.97. The predicted octanol–water partition coefficient (Wildman–Crippen LogP) is 1.04. The fourth-order valence-corrected chi connectivity index (χ4v) is 1.42. The zero-order valence-electron chi connectivity index (χ0n) is 7.05. The third-order valence-corrected chi connectivity index (χ3v) is 2.14. The van der Waals surface area contributed by atoms with Crippen LogP contribution in [0, 0.1) is 0 Å². The lowest BCUT2D eigenvalue weighted by molar-refractivity contribution is 0.408. The van der Waals surface area contributed by atoms with Crippen LogP contribution in [0.1, 0.15) is 5.82 Å². The van der Waals surface area contributed by atoms with Gasteiger partial charge in [-0.3, -0.25) is 4.79 Å². The van der Waals surface area contributed by atoms with Crippen molar-refractivity contribution < 1.29 is 4.52 Å². The molecule has 72 valence electrons. The lowest BCUT2D eigenvalue weighted by Gasteiger charge is -2.01. The van der Waals surface area contributed by atoms with Gasteiger partial charge in [0.15, 0.2) is 5.82 Å². The molecule has 0 radical (unpaired) electrons. The number of nitrogens with zero attached hydrogens (tertiary/aromatic N) is 3. The largest absolute Gasteiger partial charge is 0.343 e. The van der Waals surface area contributed by atoms with Crippen molar-refractivity contribution in [1.82, 2.24) is 14.7 Å². The number of pyridine rings is 1. The standard InChI is InChI=1S/C8H6BrN3O2/c9-6-1-2-8(13)12(3-6)4-7-10-5-14-11-7/h1-3,5H,4H2. The summed E-state index contributed by atoms with van der Waals surface area (Å²) in [6.07, 6.45) is 2.91. The lowest BCUT2D eigenvalue weighted by Crippen LogP contribution is -2.19. The number of hydrogen-bond donors (Lipinski definition) is 0. The van der Waals surface area contributed by atoms with Crippen molar-refractivity contribution in [3.05, 3.63) is 45.4 Å². The van der Waals surface area contributed by atoms with Gasteiger partial charge in [-0.1, -0.05) is 5.16 Å². The van der Waals surface area contributed by atoms with Crippen molar-refractivity contribution >= 4 is 15.9 Å². The van der Waals surface area contributed by atoms with Crippen molar-refractivity contribution in [1.29, 1.82) is 0 Å². The van der Waals surface area contributed by atoms with Gasteiger partial charge < -0.3 is 9.09 Å². The summed E-state index contributed by atoms with van der Waals surface area (Å²) < 4.78 is 6.90. The predicted molar refractivity (Wildman–Crippen MR) is 51.8 cm³/mol. The van der Waals surface area contributed by atoms with Gasteiger partial charge in [-0.25, -0.2) is 0 Å². The highest BCUT2D eigenvalue weighted by molar-refractivity contribution is 9.10. The quantitative estimate of drug-likeness (QED) is 0.805. The summed E-state index contributed by atoms with van der Waals surface area (Å²) in [6.45, 7) is 0.314. The number of halogens is 1. The second kappa shape index (κ2) is 3.75. The van der Waals surface area contributed by atoms with Gasteiger partial charge in [-0.05, 0) is 22.0 Å². The maximum Gasteiger partial charge on any atom is 0.251 e. The van der Waals surface area contributed by atoms with E-state index in [-0.39, 0.29) is 5.56 Å². The highest BCUT2D eigenvalue weighted by atomic mass is 79.9. The van der Waals surface area contributed by atoms with Crippen LogP contribution in [0.15, 0.2) is 38.5 Å². The summed E-state index contributed by atoms with van der Waals surface area (Å²) in [5.41, 5.74) is -0.0991. The summed E-state index contributed by atoms with van der Waals surface area (Å²) in [5.74, 6) is 0.477. The van der Waals surface area contributed by atoms with Crippen LogP contribution < -0.4 is 5.56 Å². The minimum absolute atomic E-state index is 0.0991. The SMILES string of the molecule is O=c1ccc(Br)cn1Cc1ncon1. The van der Waals surface area contributed by atoms with E-state index in [1.54, 1.807) is 12.3 Å². The molecule has 0 spiro atoms. The number of rotatable bonds is 2. The molecule has 0 amide bonds. The normalized spacial score (nSPS) is 10.4. The fraction of sp³-hybridized carbons (Fsp3) is 0.125. The van der Waals surface area contributed by atoms with Gasteiger partial charge in [0.1, 0.15) is 0 Å². The van der Waals surface area contributed by atoms with E-state index in [0.29, 0.717) is 12.4 Å². The van der Waals surface area contributed by atoms with Crippen molar-refractivity contribution in [2.75, 3.05) is 0 Å². The Morgan fingerprint density at radius 3 is 3.07 bits per heavy atom.